The van der Waals surface area contributed by atoms with Crippen LogP contribution in [0, 0.1) is 0 Å². The van der Waals surface area contributed by atoms with Gasteiger partial charge in [-0.05, 0) is 60.8 Å². The molecule has 7 nitrogen and oxygen atoms in total. The van der Waals surface area contributed by atoms with Gasteiger partial charge in [-0.2, -0.15) is 0 Å². The molecule has 0 saturated carbocycles. The van der Waals surface area contributed by atoms with Crippen LogP contribution in [0.25, 0.3) is 0 Å². The highest BCUT2D eigenvalue weighted by molar-refractivity contribution is 5.98. The summed E-state index contributed by atoms with van der Waals surface area (Å²) >= 11 is 0. The average molecular weight is 454 g/mol. The maximum atomic E-state index is 12.9. The summed E-state index contributed by atoms with van der Waals surface area (Å²) in [4.78, 5) is 27.5. The first-order valence-electron chi connectivity index (χ1n) is 11.7. The molecule has 1 aliphatic heterocycles. The van der Waals surface area contributed by atoms with Gasteiger partial charge in [-0.15, -0.1) is 0 Å². The number of hydrogen-bond donors (Lipinski definition) is 2. The van der Waals surface area contributed by atoms with Gasteiger partial charge in [0.15, 0.2) is 0 Å². The average Bonchev–Trinajstić information content (AvgIpc) is 2.83. The predicted molar refractivity (Wildman–Crippen MR) is 130 cm³/mol. The topological polar surface area (TPSA) is 79.9 Å². The van der Waals surface area contributed by atoms with Gasteiger partial charge in [0, 0.05) is 38.0 Å². The maximum absolute atomic E-state index is 12.9. The van der Waals surface area contributed by atoms with Crippen molar-refractivity contribution >= 4 is 17.5 Å². The van der Waals surface area contributed by atoms with Crippen molar-refractivity contribution in [3.63, 3.8) is 0 Å². The molecule has 0 unspecified atom stereocenters. The molecule has 0 fully saturated rings. The van der Waals surface area contributed by atoms with Crippen LogP contribution in [0.1, 0.15) is 53.6 Å². The van der Waals surface area contributed by atoms with Crippen molar-refractivity contribution in [2.24, 2.45) is 0 Å². The Balaban J connectivity index is 1.80. The molecule has 3 rings (SSSR count). The molecule has 2 N–H and O–H groups in total. The number of methoxy groups -OCH3 is 2. The zero-order chi connectivity index (χ0) is 23.5. The smallest absolute Gasteiger partial charge is 0.252 e. The molecule has 0 saturated heterocycles. The van der Waals surface area contributed by atoms with Crippen LogP contribution in [-0.2, 0) is 22.6 Å². The van der Waals surface area contributed by atoms with Gasteiger partial charge in [-0.25, -0.2) is 0 Å². The molecular formula is C26H35N3O4. The monoisotopic (exact) mass is 453 g/mol. The Morgan fingerprint density at radius 3 is 2.67 bits per heavy atom. The van der Waals surface area contributed by atoms with Crippen molar-refractivity contribution in [1.29, 1.82) is 0 Å². The number of carbonyl (C=O) groups is 2. The first-order chi connectivity index (χ1) is 16.1. The summed E-state index contributed by atoms with van der Waals surface area (Å²) in [6, 6.07) is 13.2. The van der Waals surface area contributed by atoms with Crippen molar-refractivity contribution in [2.75, 3.05) is 38.8 Å². The van der Waals surface area contributed by atoms with Gasteiger partial charge in [0.25, 0.3) is 11.8 Å². The van der Waals surface area contributed by atoms with Crippen molar-refractivity contribution in [1.82, 2.24) is 10.6 Å². The molecule has 0 atom stereocenters. The summed E-state index contributed by atoms with van der Waals surface area (Å²) in [5.41, 5.74) is 3.32. The number of nitrogens with one attached hydrogen (secondary N) is 2. The van der Waals surface area contributed by atoms with Crippen LogP contribution < -0.4 is 20.3 Å². The van der Waals surface area contributed by atoms with Crippen molar-refractivity contribution in [2.45, 2.75) is 45.2 Å². The number of carbonyl (C=O) groups excluding carboxylic acids is 2. The number of benzene rings is 2. The number of amides is 2. The molecule has 0 bridgehead atoms. The minimum absolute atomic E-state index is 0.0373. The number of ether oxygens (including phenoxy) is 2. The largest absolute Gasteiger partial charge is 0.497 e. The number of fused-ring (bicyclic) bond motifs is 1. The maximum Gasteiger partial charge on any atom is 0.252 e. The third-order valence-corrected chi connectivity index (χ3v) is 5.84. The van der Waals surface area contributed by atoms with Crippen LogP contribution >= 0.6 is 0 Å². The van der Waals surface area contributed by atoms with E-state index < -0.39 is 0 Å². The second kappa shape index (κ2) is 13.0. The van der Waals surface area contributed by atoms with E-state index >= 15 is 0 Å². The summed E-state index contributed by atoms with van der Waals surface area (Å²) in [5, 5.41) is 6.45. The van der Waals surface area contributed by atoms with Crippen LogP contribution in [0.2, 0.25) is 0 Å². The molecule has 0 aliphatic carbocycles. The fraction of sp³-hybridized carbons (Fsp3) is 0.462. The van der Waals surface area contributed by atoms with E-state index in [0.717, 1.165) is 48.4 Å². The highest BCUT2D eigenvalue weighted by Gasteiger charge is 2.20. The van der Waals surface area contributed by atoms with Crippen LogP contribution in [-0.4, -0.2) is 45.7 Å². The van der Waals surface area contributed by atoms with E-state index in [1.807, 2.05) is 36.4 Å². The fourth-order valence-electron chi connectivity index (χ4n) is 4.05. The minimum Gasteiger partial charge on any atom is -0.497 e. The van der Waals surface area contributed by atoms with E-state index in [1.165, 1.54) is 20.0 Å². The molecule has 7 heteroatoms. The van der Waals surface area contributed by atoms with Gasteiger partial charge in [-0.3, -0.25) is 9.59 Å². The Morgan fingerprint density at radius 2 is 1.85 bits per heavy atom. The van der Waals surface area contributed by atoms with Gasteiger partial charge in [0.05, 0.1) is 7.11 Å². The summed E-state index contributed by atoms with van der Waals surface area (Å²) < 4.78 is 10.4. The zero-order valence-corrected chi connectivity index (χ0v) is 19.7. The van der Waals surface area contributed by atoms with Crippen LogP contribution in [0.15, 0.2) is 42.5 Å². The predicted octanol–water partition coefficient (Wildman–Crippen LogP) is 3.66. The highest BCUT2D eigenvalue weighted by Crippen LogP contribution is 2.24. The summed E-state index contributed by atoms with van der Waals surface area (Å²) in [7, 11) is 3.16. The molecule has 2 aromatic carbocycles. The third-order valence-electron chi connectivity index (χ3n) is 5.84. The molecule has 0 aromatic heterocycles. The van der Waals surface area contributed by atoms with Gasteiger partial charge in [0.2, 0.25) is 0 Å². The molecule has 0 spiro atoms. The Bertz CT molecular complexity index is 932. The molecule has 178 valence electrons. The molecule has 2 amide bonds. The van der Waals surface area contributed by atoms with Gasteiger partial charge in [-0.1, -0.05) is 31.4 Å². The lowest BCUT2D eigenvalue weighted by atomic mass is 10.0. The third kappa shape index (κ3) is 7.30. The minimum atomic E-state index is -0.151. The van der Waals surface area contributed by atoms with E-state index in [9.17, 15) is 9.59 Å². The first kappa shape index (κ1) is 24.7. The zero-order valence-electron chi connectivity index (χ0n) is 19.7. The van der Waals surface area contributed by atoms with Gasteiger partial charge >= 0.3 is 0 Å². The molecular weight excluding hydrogens is 418 g/mol. The van der Waals surface area contributed by atoms with E-state index in [-0.39, 0.29) is 18.4 Å². The Labute approximate surface area is 196 Å². The Hall–Kier alpha value is -2.90. The van der Waals surface area contributed by atoms with Gasteiger partial charge < -0.3 is 25.0 Å². The lowest BCUT2D eigenvalue weighted by molar-refractivity contribution is -0.122. The number of nitrogens with zero attached hydrogens (tertiary/aromatic N) is 1. The van der Waals surface area contributed by atoms with Crippen LogP contribution in [0.3, 0.4) is 0 Å². The summed E-state index contributed by atoms with van der Waals surface area (Å²) in [6.45, 7) is 2.61. The highest BCUT2D eigenvalue weighted by atomic mass is 16.5. The van der Waals surface area contributed by atoms with Crippen molar-refractivity contribution in [3.8, 4) is 5.75 Å². The summed E-state index contributed by atoms with van der Waals surface area (Å²) in [5.74, 6) is 0.543. The normalized spacial score (nSPS) is 15.0. The molecule has 2 aromatic rings. The van der Waals surface area contributed by atoms with Crippen LogP contribution in [0.4, 0.5) is 5.69 Å². The second-order valence-corrected chi connectivity index (χ2v) is 8.30. The fourth-order valence-corrected chi connectivity index (χ4v) is 4.05. The van der Waals surface area contributed by atoms with E-state index in [4.69, 9.17) is 9.47 Å². The first-order valence-corrected chi connectivity index (χ1v) is 11.7. The Kier molecular flexibility index (Phi) is 9.72. The van der Waals surface area contributed by atoms with E-state index in [0.29, 0.717) is 25.2 Å². The quantitative estimate of drug-likeness (QED) is 0.698. The Morgan fingerprint density at radius 1 is 1.03 bits per heavy atom. The molecule has 1 aliphatic rings. The summed E-state index contributed by atoms with van der Waals surface area (Å²) in [6.07, 6.45) is 5.52. The second-order valence-electron chi connectivity index (χ2n) is 8.30. The SMILES string of the molecule is COCC(=O)N1CCCCCCCNCc2cc(C(=O)NCc3cccc(OC)c3)ccc21. The number of rotatable bonds is 6. The van der Waals surface area contributed by atoms with Crippen molar-refractivity contribution < 1.29 is 19.1 Å². The number of hydrogen-bond acceptors (Lipinski definition) is 5. The molecule has 0 radical (unpaired) electrons. The molecule has 33 heavy (non-hydrogen) atoms. The van der Waals surface area contributed by atoms with E-state index in [2.05, 4.69) is 10.6 Å². The van der Waals surface area contributed by atoms with Gasteiger partial charge in [0.1, 0.15) is 12.4 Å². The molecule has 1 heterocycles. The van der Waals surface area contributed by atoms with Crippen molar-refractivity contribution in [3.05, 3.63) is 59.2 Å². The van der Waals surface area contributed by atoms with E-state index in [1.54, 1.807) is 18.1 Å². The van der Waals surface area contributed by atoms with Crippen LogP contribution in [0.5, 0.6) is 5.75 Å². The lowest BCUT2D eigenvalue weighted by Crippen LogP contribution is -2.36. The number of anilines is 1. The standard InChI is InChI=1S/C26H35N3O4/c1-32-19-25(30)29-14-7-5-3-4-6-13-27-18-22-16-21(11-12-24(22)29)26(31)28-17-20-9-8-10-23(15-20)33-2/h8-12,15-16,27H,3-7,13-14,17-19H2,1-2H3,(H,28,31). The lowest BCUT2D eigenvalue weighted by Gasteiger charge is -2.26.